The number of carbonyl (C=O) groups excluding carboxylic acids is 2. The van der Waals surface area contributed by atoms with Gasteiger partial charge in [-0.05, 0) is 55.1 Å². The third-order valence-corrected chi connectivity index (χ3v) is 5.66. The van der Waals surface area contributed by atoms with Gasteiger partial charge in [-0.15, -0.1) is 10.2 Å². The normalized spacial score (nSPS) is 11.5. The zero-order valence-corrected chi connectivity index (χ0v) is 21.7. The van der Waals surface area contributed by atoms with Crippen molar-refractivity contribution in [3.63, 3.8) is 0 Å². The molecule has 12 nitrogen and oxygen atoms in total. The number of aryl methyl sites for hydroxylation is 1. The summed E-state index contributed by atoms with van der Waals surface area (Å²) in [4.78, 5) is 31.1. The number of rotatable bonds is 8. The minimum Gasteiger partial charge on any atom is -0.339 e. The molecule has 2 amide bonds. The summed E-state index contributed by atoms with van der Waals surface area (Å²) in [6, 6.07) is 7.38. The minimum atomic E-state index is -4.78. The lowest BCUT2D eigenvalue weighted by Gasteiger charge is -2.15. The molecule has 17 heteroatoms. The lowest BCUT2D eigenvalue weighted by atomic mass is 10.1. The molecule has 4 aromatic rings. The van der Waals surface area contributed by atoms with Crippen LogP contribution in [-0.4, -0.2) is 60.5 Å². The number of alkyl halides is 3. The monoisotopic (exact) mass is 582 g/mol. The molecule has 1 aromatic carbocycles. The molecule has 3 heterocycles. The summed E-state index contributed by atoms with van der Waals surface area (Å²) in [5.41, 5.74) is 0.814. The first-order valence-corrected chi connectivity index (χ1v) is 11.8. The van der Waals surface area contributed by atoms with E-state index >= 15 is 0 Å². The second-order valence-corrected chi connectivity index (χ2v) is 8.86. The van der Waals surface area contributed by atoms with Crippen LogP contribution in [-0.2, 0) is 12.7 Å². The number of hydrogen-bond acceptors (Lipinski definition) is 8. The maximum absolute atomic E-state index is 13.5. The van der Waals surface area contributed by atoms with Gasteiger partial charge in [0.05, 0.1) is 28.6 Å². The minimum absolute atomic E-state index is 0.0814. The molecular formula is C22H19Cl2F3N10O2. The first-order chi connectivity index (χ1) is 18.5. The van der Waals surface area contributed by atoms with Crippen LogP contribution in [0.15, 0.2) is 36.5 Å². The van der Waals surface area contributed by atoms with Crippen molar-refractivity contribution in [3.05, 3.63) is 74.9 Å². The van der Waals surface area contributed by atoms with E-state index < -0.39 is 23.8 Å². The van der Waals surface area contributed by atoms with Crippen LogP contribution in [0, 0.1) is 6.92 Å². The number of tetrazole rings is 1. The lowest BCUT2D eigenvalue weighted by molar-refractivity contribution is -0.145. The fourth-order valence-electron chi connectivity index (χ4n) is 3.46. The summed E-state index contributed by atoms with van der Waals surface area (Å²) in [7, 11) is 1.65. The Morgan fingerprint density at radius 2 is 1.87 bits per heavy atom. The second-order valence-electron chi connectivity index (χ2n) is 8.02. The van der Waals surface area contributed by atoms with Crippen molar-refractivity contribution in [2.24, 2.45) is 0 Å². The largest absolute Gasteiger partial charge is 0.455 e. The van der Waals surface area contributed by atoms with E-state index in [2.05, 4.69) is 41.4 Å². The van der Waals surface area contributed by atoms with E-state index in [4.69, 9.17) is 23.2 Å². The molecule has 0 aliphatic carbocycles. The van der Waals surface area contributed by atoms with E-state index in [9.17, 15) is 22.8 Å². The number of nitrogens with one attached hydrogen (secondary N) is 3. The summed E-state index contributed by atoms with van der Waals surface area (Å²) in [6.45, 7) is 1.47. The maximum Gasteiger partial charge on any atom is 0.455 e. The summed E-state index contributed by atoms with van der Waals surface area (Å²) < 4.78 is 39.8. The summed E-state index contributed by atoms with van der Waals surface area (Å²) in [6.07, 6.45) is -3.36. The SMILES string of the molecule is CNCNC(=O)c1cc(Cl)cc(C)c1NC(=O)c1cc(Cn2nnc(C(F)(F)F)n2)nn1-c1ncccc1Cl. The second kappa shape index (κ2) is 11.3. The first kappa shape index (κ1) is 27.9. The average Bonchev–Trinajstić information content (AvgIpc) is 3.52. The van der Waals surface area contributed by atoms with E-state index in [1.54, 1.807) is 26.1 Å². The molecule has 204 valence electrons. The Morgan fingerprint density at radius 1 is 1.10 bits per heavy atom. The number of hydrogen-bond donors (Lipinski definition) is 3. The van der Waals surface area contributed by atoms with Crippen molar-refractivity contribution in [2.75, 3.05) is 19.0 Å². The molecule has 3 N–H and O–H groups in total. The van der Waals surface area contributed by atoms with Gasteiger partial charge in [0.15, 0.2) is 5.82 Å². The summed E-state index contributed by atoms with van der Waals surface area (Å²) in [5.74, 6) is -2.55. The van der Waals surface area contributed by atoms with E-state index in [0.717, 1.165) is 4.68 Å². The Balaban J connectivity index is 1.73. The fraction of sp³-hybridized carbons (Fsp3) is 0.227. The van der Waals surface area contributed by atoms with E-state index in [0.29, 0.717) is 10.4 Å². The van der Waals surface area contributed by atoms with Crippen LogP contribution in [0.4, 0.5) is 18.9 Å². The molecular weight excluding hydrogens is 564 g/mol. The van der Waals surface area contributed by atoms with Gasteiger partial charge in [-0.25, -0.2) is 9.67 Å². The Morgan fingerprint density at radius 3 is 2.54 bits per heavy atom. The highest BCUT2D eigenvalue weighted by atomic mass is 35.5. The fourth-order valence-corrected chi connectivity index (χ4v) is 3.94. The molecule has 39 heavy (non-hydrogen) atoms. The molecule has 3 aromatic heterocycles. The van der Waals surface area contributed by atoms with Crippen molar-refractivity contribution in [3.8, 4) is 5.82 Å². The van der Waals surface area contributed by atoms with Crippen LogP contribution >= 0.6 is 23.2 Å². The first-order valence-electron chi connectivity index (χ1n) is 11.1. The van der Waals surface area contributed by atoms with Crippen molar-refractivity contribution in [1.29, 1.82) is 0 Å². The lowest BCUT2D eigenvalue weighted by Crippen LogP contribution is -2.32. The van der Waals surface area contributed by atoms with Crippen molar-refractivity contribution in [2.45, 2.75) is 19.6 Å². The Hall–Kier alpha value is -4.08. The summed E-state index contributed by atoms with van der Waals surface area (Å²) in [5, 5.41) is 22.6. The van der Waals surface area contributed by atoms with Crippen molar-refractivity contribution < 1.29 is 22.8 Å². The molecule has 0 atom stereocenters. The highest BCUT2D eigenvalue weighted by molar-refractivity contribution is 6.32. The van der Waals surface area contributed by atoms with Gasteiger partial charge in [-0.1, -0.05) is 23.2 Å². The number of aromatic nitrogens is 7. The number of amides is 2. The molecule has 0 saturated heterocycles. The maximum atomic E-state index is 13.5. The number of benzene rings is 1. The predicted molar refractivity (Wildman–Crippen MR) is 134 cm³/mol. The zero-order valence-electron chi connectivity index (χ0n) is 20.2. The molecule has 0 aliphatic heterocycles. The number of carbonyl (C=O) groups is 2. The van der Waals surface area contributed by atoms with Crippen LogP contribution in [0.25, 0.3) is 5.82 Å². The standard InChI is InChI=1S/C22H19Cl2F3N10O2/c1-11-6-12(23)7-14(19(38)30-10-28-2)17(11)31-20(39)16-8-13(9-36-34-21(32-35-36)22(25,26)27)33-37(16)18-15(24)4-3-5-29-18/h3-8,28H,9-10H2,1-2H3,(H,30,38)(H,31,39). The molecule has 0 aliphatic rings. The van der Waals surface area contributed by atoms with Gasteiger partial charge in [0.2, 0.25) is 0 Å². The van der Waals surface area contributed by atoms with Gasteiger partial charge in [0.25, 0.3) is 17.6 Å². The molecule has 0 radical (unpaired) electrons. The van der Waals surface area contributed by atoms with Gasteiger partial charge < -0.3 is 16.0 Å². The van der Waals surface area contributed by atoms with Crippen LogP contribution < -0.4 is 16.0 Å². The van der Waals surface area contributed by atoms with E-state index in [1.807, 2.05) is 0 Å². The quantitative estimate of drug-likeness (QED) is 0.269. The summed E-state index contributed by atoms with van der Waals surface area (Å²) >= 11 is 12.4. The van der Waals surface area contributed by atoms with Crippen molar-refractivity contribution in [1.82, 2.24) is 45.6 Å². The van der Waals surface area contributed by atoms with Gasteiger partial charge >= 0.3 is 6.18 Å². The van der Waals surface area contributed by atoms with E-state index in [1.165, 1.54) is 24.4 Å². The molecule has 0 unspecified atom stereocenters. The molecule has 0 spiro atoms. The highest BCUT2D eigenvalue weighted by Gasteiger charge is 2.37. The highest BCUT2D eigenvalue weighted by Crippen LogP contribution is 2.28. The van der Waals surface area contributed by atoms with Crippen LogP contribution in [0.1, 0.15) is 37.9 Å². The predicted octanol–water partition coefficient (Wildman–Crippen LogP) is 3.10. The van der Waals surface area contributed by atoms with Crippen molar-refractivity contribution >= 4 is 40.7 Å². The number of halogens is 5. The van der Waals surface area contributed by atoms with Crippen LogP contribution in [0.3, 0.4) is 0 Å². The Bertz CT molecular complexity index is 1540. The number of nitrogens with zero attached hydrogens (tertiary/aromatic N) is 7. The van der Waals surface area contributed by atoms with Crippen LogP contribution in [0.5, 0.6) is 0 Å². The third-order valence-electron chi connectivity index (χ3n) is 5.15. The van der Waals surface area contributed by atoms with Gasteiger partial charge in [-0.2, -0.15) is 23.1 Å². The van der Waals surface area contributed by atoms with Gasteiger partial charge in [0, 0.05) is 11.2 Å². The molecule has 0 saturated carbocycles. The molecule has 0 bridgehead atoms. The number of anilines is 1. The van der Waals surface area contributed by atoms with Gasteiger partial charge in [-0.3, -0.25) is 9.59 Å². The third kappa shape index (κ3) is 6.32. The smallest absolute Gasteiger partial charge is 0.339 e. The Kier molecular flexibility index (Phi) is 8.13. The average molecular weight is 583 g/mol. The number of pyridine rings is 1. The van der Waals surface area contributed by atoms with E-state index in [-0.39, 0.29) is 51.7 Å². The Labute approximate surface area is 228 Å². The molecule has 0 fully saturated rings. The van der Waals surface area contributed by atoms with Crippen LogP contribution in [0.2, 0.25) is 10.0 Å². The molecule has 4 rings (SSSR count). The topological polar surface area (TPSA) is 145 Å². The van der Waals surface area contributed by atoms with Gasteiger partial charge in [0.1, 0.15) is 12.2 Å². The zero-order chi connectivity index (χ0) is 28.3.